The summed E-state index contributed by atoms with van der Waals surface area (Å²) in [6, 6.07) is 8.21. The number of amides is 18. The van der Waals surface area contributed by atoms with Crippen molar-refractivity contribution in [2.75, 3.05) is 34.5 Å². The van der Waals surface area contributed by atoms with Crippen LogP contribution >= 0.6 is 100 Å². The molecule has 0 radical (unpaired) electrons. The van der Waals surface area contributed by atoms with Gasteiger partial charge in [0, 0.05) is 144 Å². The van der Waals surface area contributed by atoms with E-state index >= 15 is 0 Å². The number of aromatic amines is 3. The number of primary amides is 3. The molecular formula is C90H126Br2N24O18S6. The van der Waals surface area contributed by atoms with Crippen molar-refractivity contribution in [3.05, 3.63) is 161 Å². The van der Waals surface area contributed by atoms with Crippen LogP contribution in [0.25, 0.3) is 0 Å². The molecule has 15 atom stereocenters. The zero-order valence-electron chi connectivity index (χ0n) is 79.5. The maximum atomic E-state index is 13.5. The molecule has 1 fully saturated rings. The van der Waals surface area contributed by atoms with E-state index in [4.69, 9.17) is 17.2 Å². The SMILES string of the molecule is BrCc1ccccc1CBr.CC(=O)NC1CSCc2ccccc2CSCC(C(N)=O)NC(=O)[C@H](C(C)C)NC(=O)[C@H](C)NC(=O)[C@H](Cc2cnc[nH]2)NC1=O.CC(=O)NC1CSCc2ccccc2CSCC(C(N)=O)NC(=O)[C@H](C(C)C)NC(=O)[C@H](C)NC(=O)[C@H](Cc2cnc[nH]2)NC1=O.CC(=O)N[C@H]1CSSC[C@@H](C(N)=O)NC(=O)[C@H](C(C)C)NC(=O)[C@H](C)NC(=O)[C@H](Cc2cnc[nH]2)NC1=O. The third-order valence-corrected chi connectivity index (χ3v) is 29.2. The smallest absolute Gasteiger partial charge is 0.244 e. The van der Waals surface area contributed by atoms with Gasteiger partial charge in [0.1, 0.15) is 90.6 Å². The Hall–Kier alpha value is -11.2. The third kappa shape index (κ3) is 40.8. The predicted octanol–water partition coefficient (Wildman–Crippen LogP) is 0.904. The van der Waals surface area contributed by atoms with Crippen molar-refractivity contribution in [3.63, 3.8) is 0 Å². The van der Waals surface area contributed by atoms with Crippen molar-refractivity contribution in [3.8, 4) is 0 Å². The second-order valence-electron chi connectivity index (χ2n) is 33.8. The Balaban J connectivity index is 0.000000307. The number of nitrogens with one attached hydrogen (secondary N) is 18. The number of imidazole rings is 3. The minimum absolute atomic E-state index is 0.0302. The van der Waals surface area contributed by atoms with Gasteiger partial charge in [-0.2, -0.15) is 47.0 Å². The highest BCUT2D eigenvalue weighted by atomic mass is 79.9. The minimum atomic E-state index is -1.13. The first kappa shape index (κ1) is 118. The van der Waals surface area contributed by atoms with Gasteiger partial charge in [0.25, 0.3) is 0 Å². The molecule has 9 rings (SSSR count). The molecule has 4 unspecified atom stereocenters. The fraction of sp³-hybridized carbons (Fsp3) is 0.500. The molecular weight excluding hydrogens is 2060 g/mol. The number of carbonyl (C=O) groups is 18. The summed E-state index contributed by atoms with van der Waals surface area (Å²) in [6.07, 6.45) is 8.92. The van der Waals surface area contributed by atoms with E-state index in [0.29, 0.717) is 40.1 Å². The van der Waals surface area contributed by atoms with Crippen molar-refractivity contribution in [1.82, 2.24) is 110 Å². The van der Waals surface area contributed by atoms with Crippen LogP contribution in [0.5, 0.6) is 0 Å². The number of halogens is 2. The second kappa shape index (κ2) is 60.8. The van der Waals surface area contributed by atoms with Crippen molar-refractivity contribution < 1.29 is 86.3 Å². The first-order chi connectivity index (χ1) is 66.5. The van der Waals surface area contributed by atoms with Gasteiger partial charge in [-0.15, -0.1) is 0 Å². The van der Waals surface area contributed by atoms with Gasteiger partial charge in [-0.25, -0.2) is 15.0 Å². The average Bonchev–Trinajstić information content (AvgIpc) is 0.971. The van der Waals surface area contributed by atoms with Gasteiger partial charge in [-0.3, -0.25) is 86.3 Å². The number of nitrogens with two attached hydrogens (primary N) is 3. The number of fused-ring (bicyclic) bond motifs is 2. The monoisotopic (exact) mass is 2180 g/mol. The Labute approximate surface area is 853 Å². The fourth-order valence-corrected chi connectivity index (χ4v) is 21.2. The van der Waals surface area contributed by atoms with E-state index in [0.717, 1.165) is 32.9 Å². The van der Waals surface area contributed by atoms with Crippen LogP contribution in [-0.2, 0) is 139 Å². The topological polar surface area (TPSA) is 652 Å². The first-order valence-corrected chi connectivity index (χ1v) is 54.0. The summed E-state index contributed by atoms with van der Waals surface area (Å²) in [7, 11) is 2.35. The third-order valence-electron chi connectivity index (χ3n) is 21.3. The Bertz CT molecular complexity index is 4940. The number of aromatic nitrogens is 6. The Morgan fingerprint density at radius 3 is 0.850 bits per heavy atom. The quantitative estimate of drug-likeness (QED) is 0.0445. The van der Waals surface area contributed by atoms with E-state index in [1.807, 2.05) is 48.5 Å². The first-order valence-electron chi connectivity index (χ1n) is 44.6. The van der Waals surface area contributed by atoms with E-state index in [1.165, 1.54) is 159 Å². The van der Waals surface area contributed by atoms with Crippen LogP contribution in [0, 0.1) is 17.8 Å². The lowest BCUT2D eigenvalue weighted by molar-refractivity contribution is -0.135. The molecule has 3 aromatic carbocycles. The summed E-state index contributed by atoms with van der Waals surface area (Å²) < 4.78 is 0. The summed E-state index contributed by atoms with van der Waals surface area (Å²) >= 11 is 12.6. The van der Waals surface area contributed by atoms with E-state index in [1.54, 1.807) is 41.5 Å². The second-order valence-corrected chi connectivity index (χ2v) is 41.6. The van der Waals surface area contributed by atoms with Crippen LogP contribution in [0.3, 0.4) is 0 Å². The minimum Gasteiger partial charge on any atom is -0.368 e. The van der Waals surface area contributed by atoms with Crippen molar-refractivity contribution in [2.45, 2.75) is 227 Å². The lowest BCUT2D eigenvalue weighted by Gasteiger charge is -2.27. The summed E-state index contributed by atoms with van der Waals surface area (Å²) in [4.78, 5) is 252. The average molecular weight is 2180 g/mol. The molecule has 6 heterocycles. The molecule has 3 aliphatic heterocycles. The standard InChI is InChI=1S/2C30H42N8O6S2.C22H34N8O6S2.C8H8Br2/c2*1-16(2)25-30(44)37-23(26(31)40)13-45-11-19-7-5-6-8-20(19)12-46-14-24(35-18(4)39)29(43)36-22(9-21-10-32-15-33-21)28(42)34-17(3)27(41)38-25;1-10(2)17-22(36)29-15(18(23)32)7-37-38-8-16(27-12(4)31)21(35)28-14(5-13-6-24-9-25-13)20(34)26-11(3)19(33)30-17;9-5-7-3-1-2-4-8(7)6-10/h2*5-8,10,15-17,22-25H,9,11-14H2,1-4H3,(H2,31,40)(H,32,33)(H,34,42)(H,35,39)(H,36,43)(H,37,44)(H,38,41);6,9-11,14-17H,5,7-8H2,1-4H3,(H2,23,32)(H,24,25)(H,26,34)(H,27,31)(H,28,35)(H,29,36)(H,30,33);1-4H,5-6H2/t2*17-,22-,23?,24?,25-;11-,14-,15-,16-,17-;/m000./s1. The lowest BCUT2D eigenvalue weighted by Crippen LogP contribution is -2.60. The van der Waals surface area contributed by atoms with Crippen molar-refractivity contribution in [2.24, 2.45) is 35.0 Å². The van der Waals surface area contributed by atoms with Crippen LogP contribution in [0.2, 0.25) is 0 Å². The molecule has 764 valence electrons. The molecule has 50 heteroatoms. The van der Waals surface area contributed by atoms with Crippen LogP contribution < -0.4 is 97.0 Å². The number of carbonyl (C=O) groups excluding carboxylic acids is 18. The predicted molar refractivity (Wildman–Crippen MR) is 546 cm³/mol. The number of thioether (sulfide) groups is 4. The number of hydrogen-bond acceptors (Lipinski definition) is 27. The molecule has 42 nitrogen and oxygen atoms in total. The summed E-state index contributed by atoms with van der Waals surface area (Å²) in [5.41, 5.74) is 25.1. The van der Waals surface area contributed by atoms with E-state index in [2.05, 4.69) is 166 Å². The van der Waals surface area contributed by atoms with E-state index in [9.17, 15) is 86.3 Å². The molecule has 3 aliphatic rings. The molecule has 140 heavy (non-hydrogen) atoms. The molecule has 18 amide bonds. The number of H-pyrrole nitrogens is 3. The fourth-order valence-electron chi connectivity index (χ4n) is 13.4. The van der Waals surface area contributed by atoms with E-state index < -0.39 is 197 Å². The zero-order chi connectivity index (χ0) is 103. The highest BCUT2D eigenvalue weighted by Gasteiger charge is 2.39. The Morgan fingerprint density at radius 2 is 0.600 bits per heavy atom. The Kier molecular flexibility index (Phi) is 51.1. The highest BCUT2D eigenvalue weighted by Crippen LogP contribution is 2.27. The molecule has 0 bridgehead atoms. The van der Waals surface area contributed by atoms with Crippen LogP contribution in [-0.4, -0.2) is 261 Å². The van der Waals surface area contributed by atoms with Gasteiger partial charge >= 0.3 is 0 Å². The van der Waals surface area contributed by atoms with Gasteiger partial charge in [0.05, 0.1) is 19.0 Å². The molecule has 3 aromatic heterocycles. The van der Waals surface area contributed by atoms with Crippen LogP contribution in [0.4, 0.5) is 0 Å². The van der Waals surface area contributed by atoms with E-state index in [-0.39, 0.29) is 71.5 Å². The summed E-state index contributed by atoms with van der Waals surface area (Å²) in [5, 5.41) is 41.5. The molecule has 24 N–H and O–H groups in total. The maximum Gasteiger partial charge on any atom is 0.244 e. The maximum absolute atomic E-state index is 13.5. The van der Waals surface area contributed by atoms with Gasteiger partial charge < -0.3 is 112 Å². The van der Waals surface area contributed by atoms with Gasteiger partial charge in [0.15, 0.2) is 0 Å². The summed E-state index contributed by atoms with van der Waals surface area (Å²) in [5.74, 6) is -8.80. The normalized spacial score (nSPS) is 23.9. The number of hydrogen-bond donors (Lipinski definition) is 21. The molecule has 1 saturated heterocycles. The number of benzene rings is 3. The van der Waals surface area contributed by atoms with Crippen LogP contribution in [0.15, 0.2) is 110 Å². The number of nitrogens with zero attached hydrogens (tertiary/aromatic N) is 3. The highest BCUT2D eigenvalue weighted by molar-refractivity contribution is 9.09. The largest absolute Gasteiger partial charge is 0.368 e. The lowest BCUT2D eigenvalue weighted by atomic mass is 10.0. The van der Waals surface area contributed by atoms with Crippen LogP contribution in [0.1, 0.15) is 134 Å². The Morgan fingerprint density at radius 1 is 0.343 bits per heavy atom. The van der Waals surface area contributed by atoms with Gasteiger partial charge in [-0.1, -0.05) is 168 Å². The number of alkyl halides is 2. The number of rotatable bonds is 17. The molecule has 0 aliphatic carbocycles. The van der Waals surface area contributed by atoms with Crippen molar-refractivity contribution in [1.29, 1.82) is 0 Å². The molecule has 6 aromatic rings. The van der Waals surface area contributed by atoms with Crippen molar-refractivity contribution >= 4 is 207 Å². The molecule has 0 spiro atoms. The van der Waals surface area contributed by atoms with Gasteiger partial charge in [0.2, 0.25) is 106 Å². The zero-order valence-corrected chi connectivity index (χ0v) is 87.6. The van der Waals surface area contributed by atoms with Gasteiger partial charge in [-0.05, 0) is 71.9 Å². The molecule has 0 saturated carbocycles. The summed E-state index contributed by atoms with van der Waals surface area (Å²) in [6.45, 7) is 18.6.